The van der Waals surface area contributed by atoms with E-state index in [9.17, 15) is 28.6 Å². The number of hydrogen-bond acceptors (Lipinski definition) is 6. The first-order chi connectivity index (χ1) is 12.3. The third kappa shape index (κ3) is 2.26. The molecule has 2 heterocycles. The van der Waals surface area contributed by atoms with Gasteiger partial charge in [-0.1, -0.05) is 22.9 Å². The van der Waals surface area contributed by atoms with Crippen LogP contribution in [0.25, 0.3) is 21.5 Å². The van der Waals surface area contributed by atoms with Crippen LogP contribution in [-0.2, 0) is 4.57 Å². The first kappa shape index (κ1) is 16.2. The van der Waals surface area contributed by atoms with Gasteiger partial charge in [0, 0.05) is 0 Å². The Morgan fingerprint density at radius 3 is 1.85 bits per heavy atom. The molecule has 0 saturated heterocycles. The molecule has 26 heavy (non-hydrogen) atoms. The van der Waals surface area contributed by atoms with Gasteiger partial charge in [0.2, 0.25) is 0 Å². The molecule has 0 amide bonds. The number of nitrogens with one attached hydrogen (secondary N) is 1. The van der Waals surface area contributed by atoms with Crippen LogP contribution in [0.4, 0.5) is 0 Å². The fraction of sp³-hybridized carbons (Fsp3) is 0. The molecule has 0 aliphatic heterocycles. The Labute approximate surface area is 142 Å². The number of aromatic amines is 1. The van der Waals surface area contributed by atoms with Crippen molar-refractivity contribution < 1.29 is 14.1 Å². The lowest BCUT2D eigenvalue weighted by Gasteiger charge is -2.11. The van der Waals surface area contributed by atoms with Gasteiger partial charge in [0.25, 0.3) is 22.2 Å². The van der Waals surface area contributed by atoms with Gasteiger partial charge in [-0.05, 0) is 24.3 Å². The Morgan fingerprint density at radius 2 is 1.35 bits per heavy atom. The molecule has 9 nitrogen and oxygen atoms in total. The van der Waals surface area contributed by atoms with E-state index in [1.165, 1.54) is 24.3 Å². The highest BCUT2D eigenvalue weighted by Crippen LogP contribution is 2.36. The predicted molar refractivity (Wildman–Crippen MR) is 93.7 cm³/mol. The van der Waals surface area contributed by atoms with E-state index in [1.54, 1.807) is 6.07 Å². The van der Waals surface area contributed by atoms with Crippen molar-refractivity contribution in [2.24, 2.45) is 0 Å². The molecule has 4 aromatic rings. The Balaban J connectivity index is 1.96. The van der Waals surface area contributed by atoms with Gasteiger partial charge < -0.3 is 9.52 Å². The zero-order valence-corrected chi connectivity index (χ0v) is 13.7. The summed E-state index contributed by atoms with van der Waals surface area (Å²) in [4.78, 5) is 60.4. The second kappa shape index (κ2) is 5.35. The standard InChI is InChI=1S/C16H9N2O7P/c19-13-9-6-11-12(7-10(9)14(20)17-13)16(22)18(15(11)21)25-26(23,24)8-4-2-1-3-5-8/h1-7H,(H,23,24)(H,17,19,20). The maximum atomic E-state index is 12.4. The molecule has 2 N–H and O–H groups in total. The van der Waals surface area contributed by atoms with Crippen molar-refractivity contribution in [2.75, 3.05) is 0 Å². The van der Waals surface area contributed by atoms with E-state index >= 15 is 0 Å². The lowest BCUT2D eigenvalue weighted by Crippen LogP contribution is -2.32. The largest absolute Gasteiger partial charge is 0.426 e. The summed E-state index contributed by atoms with van der Waals surface area (Å²) in [5, 5.41) is -0.578. The van der Waals surface area contributed by atoms with E-state index < -0.39 is 29.8 Å². The second-order valence-corrected chi connectivity index (χ2v) is 7.29. The van der Waals surface area contributed by atoms with Crippen molar-refractivity contribution in [1.82, 2.24) is 9.71 Å². The highest BCUT2D eigenvalue weighted by molar-refractivity contribution is 7.61. The van der Waals surface area contributed by atoms with Gasteiger partial charge in [-0.25, -0.2) is 4.57 Å². The Bertz CT molecular complexity index is 1350. The Kier molecular flexibility index (Phi) is 3.33. The maximum Gasteiger partial charge on any atom is 0.426 e. The number of rotatable bonds is 3. The Morgan fingerprint density at radius 1 is 0.846 bits per heavy atom. The fourth-order valence-electron chi connectivity index (χ4n) is 2.73. The molecule has 0 radical (unpaired) electrons. The van der Waals surface area contributed by atoms with E-state index in [4.69, 9.17) is 4.62 Å². The number of hydrogen-bond donors (Lipinski definition) is 2. The summed E-state index contributed by atoms with van der Waals surface area (Å²) in [6.45, 7) is 0. The van der Waals surface area contributed by atoms with Gasteiger partial charge in [-0.3, -0.25) is 24.2 Å². The highest BCUT2D eigenvalue weighted by Gasteiger charge is 2.28. The SMILES string of the molecule is O=c1[nH]c(=O)c2cc3c(=O)n(OP(=O)(O)c4ccccc4)c(=O)c3cc12. The smallest absolute Gasteiger partial charge is 0.322 e. The molecule has 0 saturated carbocycles. The monoisotopic (exact) mass is 372 g/mol. The van der Waals surface area contributed by atoms with E-state index in [2.05, 4.69) is 4.98 Å². The summed E-state index contributed by atoms with van der Waals surface area (Å²) in [7, 11) is -4.50. The van der Waals surface area contributed by atoms with Gasteiger partial charge >= 0.3 is 7.60 Å². The summed E-state index contributed by atoms with van der Waals surface area (Å²) < 4.78 is 17.4. The molecule has 0 spiro atoms. The van der Waals surface area contributed by atoms with Crippen LogP contribution in [0.2, 0.25) is 0 Å². The zero-order chi connectivity index (χ0) is 18.6. The van der Waals surface area contributed by atoms with E-state index in [-0.39, 0.29) is 31.6 Å². The molecular formula is C16H9N2O7P. The third-order valence-electron chi connectivity index (χ3n) is 3.98. The summed E-state index contributed by atoms with van der Waals surface area (Å²) in [6.07, 6.45) is 0. The van der Waals surface area contributed by atoms with Gasteiger partial charge in [0.15, 0.2) is 0 Å². The van der Waals surface area contributed by atoms with Gasteiger partial charge in [0.05, 0.1) is 26.8 Å². The van der Waals surface area contributed by atoms with Crippen LogP contribution in [0.15, 0.2) is 61.6 Å². The molecule has 1 unspecified atom stereocenters. The minimum absolute atomic E-state index is 0.0491. The minimum atomic E-state index is -4.50. The molecule has 0 aliphatic rings. The molecule has 10 heteroatoms. The number of H-pyrrole nitrogens is 1. The Hall–Kier alpha value is -3.29. The van der Waals surface area contributed by atoms with Crippen LogP contribution in [0.3, 0.4) is 0 Å². The number of nitrogens with zero attached hydrogens (tertiary/aromatic N) is 1. The molecule has 0 bridgehead atoms. The zero-order valence-electron chi connectivity index (χ0n) is 12.8. The molecule has 0 aliphatic carbocycles. The summed E-state index contributed by atoms with van der Waals surface area (Å²) in [5.74, 6) is 0. The molecule has 2 aromatic heterocycles. The molecular weight excluding hydrogens is 363 g/mol. The lowest BCUT2D eigenvalue weighted by molar-refractivity contribution is 0.226. The van der Waals surface area contributed by atoms with Crippen LogP contribution in [0.1, 0.15) is 0 Å². The number of benzene rings is 2. The minimum Gasteiger partial charge on any atom is -0.322 e. The summed E-state index contributed by atoms with van der Waals surface area (Å²) in [6, 6.07) is 9.44. The van der Waals surface area contributed by atoms with Gasteiger partial charge in [0.1, 0.15) is 0 Å². The van der Waals surface area contributed by atoms with Crippen molar-refractivity contribution in [3.8, 4) is 0 Å². The molecule has 4 rings (SSSR count). The first-order valence-electron chi connectivity index (χ1n) is 7.30. The molecule has 0 fully saturated rings. The summed E-state index contributed by atoms with van der Waals surface area (Å²) >= 11 is 0. The van der Waals surface area contributed by atoms with Gasteiger partial charge in [-0.2, -0.15) is 0 Å². The van der Waals surface area contributed by atoms with Crippen LogP contribution < -0.4 is 32.2 Å². The average Bonchev–Trinajstić information content (AvgIpc) is 3.03. The molecule has 1 atom stereocenters. The van der Waals surface area contributed by atoms with Gasteiger partial charge in [-0.15, -0.1) is 0 Å². The van der Waals surface area contributed by atoms with E-state index in [0.717, 1.165) is 12.1 Å². The second-order valence-electron chi connectivity index (χ2n) is 5.57. The fourth-order valence-corrected chi connectivity index (χ4v) is 3.74. The van der Waals surface area contributed by atoms with E-state index in [1.807, 2.05) is 0 Å². The maximum absolute atomic E-state index is 12.4. The normalized spacial score (nSPS) is 13.9. The number of fused-ring (bicyclic) bond motifs is 2. The van der Waals surface area contributed by atoms with Crippen molar-refractivity contribution in [3.05, 3.63) is 83.9 Å². The predicted octanol–water partition coefficient (Wildman–Crippen LogP) is -0.622. The van der Waals surface area contributed by atoms with E-state index in [0.29, 0.717) is 0 Å². The third-order valence-corrected chi connectivity index (χ3v) is 5.31. The van der Waals surface area contributed by atoms with Crippen molar-refractivity contribution in [2.45, 2.75) is 0 Å². The van der Waals surface area contributed by atoms with Crippen LogP contribution in [0.5, 0.6) is 0 Å². The average molecular weight is 372 g/mol. The lowest BCUT2D eigenvalue weighted by atomic mass is 10.1. The first-order valence-corrected chi connectivity index (χ1v) is 8.88. The summed E-state index contributed by atoms with van der Waals surface area (Å²) in [5.41, 5.74) is -3.37. The molecule has 130 valence electrons. The van der Waals surface area contributed by atoms with Crippen LogP contribution in [-0.4, -0.2) is 14.6 Å². The quantitative estimate of drug-likeness (QED) is 0.458. The van der Waals surface area contributed by atoms with Crippen molar-refractivity contribution in [3.63, 3.8) is 0 Å². The number of aromatic nitrogens is 2. The van der Waals surface area contributed by atoms with Crippen molar-refractivity contribution >= 4 is 34.4 Å². The molecule has 2 aromatic carbocycles. The van der Waals surface area contributed by atoms with Crippen LogP contribution in [0, 0.1) is 0 Å². The van der Waals surface area contributed by atoms with Crippen molar-refractivity contribution in [1.29, 1.82) is 0 Å². The van der Waals surface area contributed by atoms with Crippen LogP contribution >= 0.6 is 7.60 Å². The topological polar surface area (TPSA) is 136 Å². The highest BCUT2D eigenvalue weighted by atomic mass is 31.2.